The second-order valence-electron chi connectivity index (χ2n) is 6.82. The second-order valence-corrected chi connectivity index (χ2v) is 9.59. The standard InChI is InChI=1S/C24H27O7P/c1-26-16-7-17(27-2)11-22(10-16)32(25,23-12-18(28-3)8-19(13-23)29-4)24-14-20(30-5)9-21(15-24)31-6/h7-15H,1-6H3. The van der Waals surface area contributed by atoms with Gasteiger partial charge in [-0.1, -0.05) is 0 Å². The summed E-state index contributed by atoms with van der Waals surface area (Å²) in [6.45, 7) is 0. The van der Waals surface area contributed by atoms with Gasteiger partial charge in [0.2, 0.25) is 0 Å². The van der Waals surface area contributed by atoms with Gasteiger partial charge >= 0.3 is 0 Å². The van der Waals surface area contributed by atoms with Crippen molar-refractivity contribution in [3.8, 4) is 34.5 Å². The fourth-order valence-corrected chi connectivity index (χ4v) is 6.12. The molecule has 8 heteroatoms. The van der Waals surface area contributed by atoms with E-state index in [-0.39, 0.29) is 0 Å². The molecule has 0 heterocycles. The first kappa shape index (κ1) is 23.4. The molecule has 3 aromatic rings. The van der Waals surface area contributed by atoms with Crippen LogP contribution < -0.4 is 44.3 Å². The molecule has 32 heavy (non-hydrogen) atoms. The van der Waals surface area contributed by atoms with Gasteiger partial charge in [-0.15, -0.1) is 0 Å². The van der Waals surface area contributed by atoms with E-state index >= 15 is 4.57 Å². The predicted octanol–water partition coefficient (Wildman–Crippen LogP) is 3.38. The first-order valence-electron chi connectivity index (χ1n) is 9.72. The summed E-state index contributed by atoms with van der Waals surface area (Å²) in [4.78, 5) is 0. The Bertz CT molecular complexity index is 935. The Morgan fingerprint density at radius 1 is 0.406 bits per heavy atom. The molecule has 0 unspecified atom stereocenters. The molecular weight excluding hydrogens is 431 g/mol. The molecule has 0 aliphatic rings. The highest BCUT2D eigenvalue weighted by Crippen LogP contribution is 2.47. The monoisotopic (exact) mass is 458 g/mol. The summed E-state index contributed by atoms with van der Waals surface area (Å²) < 4.78 is 47.8. The fraction of sp³-hybridized carbons (Fsp3) is 0.250. The van der Waals surface area contributed by atoms with Crippen LogP contribution in [0.1, 0.15) is 0 Å². The molecule has 3 rings (SSSR count). The maximum absolute atomic E-state index is 15.1. The summed E-state index contributed by atoms with van der Waals surface area (Å²) in [6, 6.07) is 15.6. The van der Waals surface area contributed by atoms with Crippen molar-refractivity contribution in [2.45, 2.75) is 0 Å². The molecule has 3 aromatic carbocycles. The van der Waals surface area contributed by atoms with Crippen LogP contribution in [0.15, 0.2) is 54.6 Å². The van der Waals surface area contributed by atoms with E-state index in [1.807, 2.05) is 0 Å². The van der Waals surface area contributed by atoms with Crippen LogP contribution in [0.4, 0.5) is 0 Å². The highest BCUT2D eigenvalue weighted by Gasteiger charge is 2.33. The number of ether oxygens (including phenoxy) is 6. The summed E-state index contributed by atoms with van der Waals surface area (Å²) in [5.41, 5.74) is 0. The van der Waals surface area contributed by atoms with Gasteiger partial charge in [0.05, 0.1) is 42.7 Å². The molecule has 0 aliphatic heterocycles. The summed E-state index contributed by atoms with van der Waals surface area (Å²) in [5, 5.41) is 1.54. The molecule has 0 atom stereocenters. The van der Waals surface area contributed by atoms with Crippen LogP contribution >= 0.6 is 7.14 Å². The Morgan fingerprint density at radius 3 is 0.750 bits per heavy atom. The van der Waals surface area contributed by atoms with Gasteiger partial charge in [0.15, 0.2) is 7.14 Å². The van der Waals surface area contributed by atoms with Crippen molar-refractivity contribution in [2.75, 3.05) is 42.7 Å². The van der Waals surface area contributed by atoms with E-state index < -0.39 is 7.14 Å². The van der Waals surface area contributed by atoms with E-state index in [0.29, 0.717) is 50.4 Å². The van der Waals surface area contributed by atoms with E-state index in [1.54, 1.807) is 97.3 Å². The van der Waals surface area contributed by atoms with Crippen molar-refractivity contribution in [3.63, 3.8) is 0 Å². The van der Waals surface area contributed by atoms with Crippen LogP contribution in [0.25, 0.3) is 0 Å². The SMILES string of the molecule is COc1cc(OC)cc(P(=O)(c2cc(OC)cc(OC)c2)c2cc(OC)cc(OC)c2)c1. The molecule has 0 fully saturated rings. The number of benzene rings is 3. The zero-order chi connectivity index (χ0) is 23.3. The van der Waals surface area contributed by atoms with Crippen molar-refractivity contribution < 1.29 is 33.0 Å². The Hall–Kier alpha value is -3.31. The normalized spacial score (nSPS) is 10.9. The van der Waals surface area contributed by atoms with E-state index in [2.05, 4.69) is 0 Å². The Balaban J connectivity index is 2.42. The molecule has 170 valence electrons. The van der Waals surface area contributed by atoms with Crippen molar-refractivity contribution >= 4 is 23.1 Å². The lowest BCUT2D eigenvalue weighted by Crippen LogP contribution is -2.26. The topological polar surface area (TPSA) is 72.5 Å². The summed E-state index contributed by atoms with van der Waals surface area (Å²) in [5.74, 6) is 3.11. The molecule has 0 aromatic heterocycles. The third-order valence-electron chi connectivity index (χ3n) is 5.10. The maximum Gasteiger partial charge on any atom is 0.171 e. The molecule has 0 saturated heterocycles. The van der Waals surface area contributed by atoms with E-state index in [9.17, 15) is 0 Å². The van der Waals surface area contributed by atoms with Crippen LogP contribution in [-0.4, -0.2) is 42.7 Å². The molecular formula is C24H27O7P. The highest BCUT2D eigenvalue weighted by molar-refractivity contribution is 7.85. The van der Waals surface area contributed by atoms with Gasteiger partial charge in [-0.2, -0.15) is 0 Å². The highest BCUT2D eigenvalue weighted by atomic mass is 31.2. The zero-order valence-corrected chi connectivity index (χ0v) is 19.9. The maximum atomic E-state index is 15.1. The van der Waals surface area contributed by atoms with Crippen molar-refractivity contribution in [1.29, 1.82) is 0 Å². The predicted molar refractivity (Wildman–Crippen MR) is 125 cm³/mol. The lowest BCUT2D eigenvalue weighted by Gasteiger charge is -2.23. The van der Waals surface area contributed by atoms with Gasteiger partial charge in [-0.05, 0) is 36.4 Å². The molecule has 0 saturated carbocycles. The van der Waals surface area contributed by atoms with Gasteiger partial charge in [-0.25, -0.2) is 0 Å². The molecule has 0 N–H and O–H groups in total. The van der Waals surface area contributed by atoms with Crippen LogP contribution in [0.5, 0.6) is 34.5 Å². The van der Waals surface area contributed by atoms with Crippen LogP contribution in [0.3, 0.4) is 0 Å². The second kappa shape index (κ2) is 9.88. The van der Waals surface area contributed by atoms with Crippen LogP contribution in [0, 0.1) is 0 Å². The minimum Gasteiger partial charge on any atom is -0.497 e. The van der Waals surface area contributed by atoms with Gasteiger partial charge in [0.1, 0.15) is 34.5 Å². The van der Waals surface area contributed by atoms with E-state index in [1.165, 1.54) is 0 Å². The summed E-state index contributed by atoms with van der Waals surface area (Å²) in [7, 11) is 5.79. The molecule has 0 spiro atoms. The number of hydrogen-bond acceptors (Lipinski definition) is 7. The van der Waals surface area contributed by atoms with E-state index in [0.717, 1.165) is 0 Å². The number of methoxy groups -OCH3 is 6. The van der Waals surface area contributed by atoms with Crippen LogP contribution in [-0.2, 0) is 4.57 Å². The average molecular weight is 458 g/mol. The zero-order valence-electron chi connectivity index (χ0n) is 19.0. The molecule has 0 aliphatic carbocycles. The van der Waals surface area contributed by atoms with E-state index in [4.69, 9.17) is 28.4 Å². The summed E-state index contributed by atoms with van der Waals surface area (Å²) >= 11 is 0. The van der Waals surface area contributed by atoms with Crippen molar-refractivity contribution in [2.24, 2.45) is 0 Å². The van der Waals surface area contributed by atoms with Gasteiger partial charge in [0.25, 0.3) is 0 Å². The number of rotatable bonds is 9. The fourth-order valence-electron chi connectivity index (χ4n) is 3.37. The lowest BCUT2D eigenvalue weighted by molar-refractivity contribution is 0.395. The largest absolute Gasteiger partial charge is 0.497 e. The smallest absolute Gasteiger partial charge is 0.171 e. The quantitative estimate of drug-likeness (QED) is 0.455. The Morgan fingerprint density at radius 2 is 0.594 bits per heavy atom. The summed E-state index contributed by atoms with van der Waals surface area (Å²) in [6.07, 6.45) is 0. The van der Waals surface area contributed by atoms with Crippen molar-refractivity contribution in [1.82, 2.24) is 0 Å². The van der Waals surface area contributed by atoms with Gasteiger partial charge < -0.3 is 33.0 Å². The van der Waals surface area contributed by atoms with Gasteiger partial charge in [0, 0.05) is 34.1 Å². The van der Waals surface area contributed by atoms with Crippen molar-refractivity contribution in [3.05, 3.63) is 54.6 Å². The number of hydrogen-bond donors (Lipinski definition) is 0. The molecule has 7 nitrogen and oxygen atoms in total. The Kier molecular flexibility index (Phi) is 7.21. The van der Waals surface area contributed by atoms with Gasteiger partial charge in [-0.3, -0.25) is 0 Å². The molecule has 0 radical (unpaired) electrons. The molecule has 0 amide bonds. The lowest BCUT2D eigenvalue weighted by atomic mass is 10.3. The van der Waals surface area contributed by atoms with Crippen LogP contribution in [0.2, 0.25) is 0 Å². The third-order valence-corrected chi connectivity index (χ3v) is 8.06. The first-order valence-corrected chi connectivity index (χ1v) is 11.4. The minimum absolute atomic E-state index is 0.513. The molecule has 0 bridgehead atoms. The Labute approximate surface area is 188 Å². The average Bonchev–Trinajstić information content (AvgIpc) is 2.86. The first-order chi connectivity index (χ1) is 15.4. The third kappa shape index (κ3) is 4.48. The minimum atomic E-state index is -3.50.